The normalized spacial score (nSPS) is 15.3. The zero-order valence-electron chi connectivity index (χ0n) is 15.9. The summed E-state index contributed by atoms with van der Waals surface area (Å²) >= 11 is 0. The second kappa shape index (κ2) is 11.6. The molecule has 2 aromatic carbocycles. The van der Waals surface area contributed by atoms with Gasteiger partial charge in [0.1, 0.15) is 5.82 Å². The molecule has 0 radical (unpaired) electrons. The first-order chi connectivity index (χ1) is 13.2. The number of halogens is 2. The maximum Gasteiger partial charge on any atom is 0.225 e. The van der Waals surface area contributed by atoms with E-state index in [4.69, 9.17) is 0 Å². The van der Waals surface area contributed by atoms with Crippen LogP contribution in [0.4, 0.5) is 10.1 Å². The Bertz CT molecular complexity index is 761. The smallest absolute Gasteiger partial charge is 0.225 e. The van der Waals surface area contributed by atoms with Crippen LogP contribution in [0, 0.1) is 5.82 Å². The summed E-state index contributed by atoms with van der Waals surface area (Å²) in [5.74, 6) is -0.545. The van der Waals surface area contributed by atoms with Crippen molar-refractivity contribution in [2.45, 2.75) is 6.42 Å². The van der Waals surface area contributed by atoms with E-state index in [-0.39, 0.29) is 24.0 Å². The molecular weight excluding hydrogens is 377 g/mol. The summed E-state index contributed by atoms with van der Waals surface area (Å²) in [6.07, 6.45) is 4.73. The van der Waals surface area contributed by atoms with Crippen LogP contribution in [0.25, 0.3) is 6.08 Å². The third kappa shape index (κ3) is 7.08. The molecule has 28 heavy (non-hydrogen) atoms. The number of benzene rings is 2. The van der Waals surface area contributed by atoms with Crippen LogP contribution in [0.15, 0.2) is 60.7 Å². The van der Waals surface area contributed by atoms with E-state index in [0.717, 1.165) is 32.7 Å². The number of hydrogen-bond donors (Lipinski definition) is 1. The summed E-state index contributed by atoms with van der Waals surface area (Å²) in [4.78, 5) is 16.7. The Labute approximate surface area is 172 Å². The number of anilines is 1. The second-order valence-electron chi connectivity index (χ2n) is 6.73. The van der Waals surface area contributed by atoms with Crippen LogP contribution >= 0.6 is 12.4 Å². The number of amides is 1. The molecule has 1 N–H and O–H groups in total. The molecule has 0 aliphatic carbocycles. The molecule has 1 aliphatic heterocycles. The minimum atomic E-state index is -0.400. The van der Waals surface area contributed by atoms with E-state index in [9.17, 15) is 9.18 Å². The van der Waals surface area contributed by atoms with E-state index in [1.165, 1.54) is 11.6 Å². The first-order valence-corrected chi connectivity index (χ1v) is 9.41. The van der Waals surface area contributed by atoms with Crippen molar-refractivity contribution in [1.82, 2.24) is 9.80 Å². The molecule has 1 heterocycles. The van der Waals surface area contributed by atoms with Crippen molar-refractivity contribution in [2.24, 2.45) is 0 Å². The molecule has 150 valence electrons. The van der Waals surface area contributed by atoms with Crippen molar-refractivity contribution in [3.05, 3.63) is 72.1 Å². The van der Waals surface area contributed by atoms with Crippen LogP contribution in [0.5, 0.6) is 0 Å². The first-order valence-electron chi connectivity index (χ1n) is 9.41. The fraction of sp³-hybridized carbons (Fsp3) is 0.318. The molecule has 0 aromatic heterocycles. The summed E-state index contributed by atoms with van der Waals surface area (Å²) in [6, 6.07) is 16.6. The van der Waals surface area contributed by atoms with Crippen molar-refractivity contribution in [1.29, 1.82) is 0 Å². The van der Waals surface area contributed by atoms with Gasteiger partial charge in [0, 0.05) is 45.7 Å². The SMILES string of the molecule is Cl.O=C(CCN1CCN(C/C=C/c2ccccc2)CC1)Nc1ccccc1F. The molecule has 6 heteroatoms. The second-order valence-corrected chi connectivity index (χ2v) is 6.73. The molecule has 1 fully saturated rings. The molecule has 0 bridgehead atoms. The number of para-hydroxylation sites is 1. The van der Waals surface area contributed by atoms with Crippen LogP contribution < -0.4 is 5.32 Å². The lowest BCUT2D eigenvalue weighted by Crippen LogP contribution is -2.46. The van der Waals surface area contributed by atoms with Gasteiger partial charge in [0.2, 0.25) is 5.91 Å². The summed E-state index contributed by atoms with van der Waals surface area (Å²) in [7, 11) is 0. The molecule has 1 amide bonds. The predicted octanol–water partition coefficient (Wildman–Crippen LogP) is 3.91. The van der Waals surface area contributed by atoms with Gasteiger partial charge in [0.15, 0.2) is 0 Å². The molecular formula is C22H27ClFN3O. The van der Waals surface area contributed by atoms with Gasteiger partial charge in [-0.05, 0) is 17.7 Å². The molecule has 2 aromatic rings. The fourth-order valence-electron chi connectivity index (χ4n) is 3.13. The van der Waals surface area contributed by atoms with Gasteiger partial charge in [0.25, 0.3) is 0 Å². The summed E-state index contributed by atoms with van der Waals surface area (Å²) in [5, 5.41) is 2.64. The Hall–Kier alpha value is -2.21. The van der Waals surface area contributed by atoms with Crippen LogP contribution in [-0.4, -0.2) is 55.0 Å². The standard InChI is InChI=1S/C22H26FN3O.ClH/c23-20-10-4-5-11-21(20)24-22(27)12-14-26-17-15-25(16-18-26)13-6-9-19-7-2-1-3-8-19;/h1-11H,12-18H2,(H,24,27);1H/b9-6+;. The largest absolute Gasteiger partial charge is 0.324 e. The number of carbonyl (C=O) groups is 1. The predicted molar refractivity (Wildman–Crippen MR) is 115 cm³/mol. The van der Waals surface area contributed by atoms with Crippen molar-refractivity contribution < 1.29 is 9.18 Å². The Morgan fingerprint density at radius 1 is 0.964 bits per heavy atom. The Kier molecular flexibility index (Phi) is 9.14. The van der Waals surface area contributed by atoms with Crippen LogP contribution in [0.2, 0.25) is 0 Å². The maximum absolute atomic E-state index is 13.6. The van der Waals surface area contributed by atoms with Crippen molar-refractivity contribution in [3.63, 3.8) is 0 Å². The molecule has 0 saturated carbocycles. The van der Waals surface area contributed by atoms with E-state index < -0.39 is 5.82 Å². The van der Waals surface area contributed by atoms with Gasteiger partial charge in [-0.25, -0.2) is 4.39 Å². The van der Waals surface area contributed by atoms with Gasteiger partial charge >= 0.3 is 0 Å². The number of nitrogens with one attached hydrogen (secondary N) is 1. The van der Waals surface area contributed by atoms with Crippen LogP contribution in [0.3, 0.4) is 0 Å². The van der Waals surface area contributed by atoms with E-state index >= 15 is 0 Å². The monoisotopic (exact) mass is 403 g/mol. The summed E-state index contributed by atoms with van der Waals surface area (Å²) in [6.45, 7) is 5.53. The van der Waals surface area contributed by atoms with E-state index in [1.807, 2.05) is 18.2 Å². The average Bonchev–Trinajstić information content (AvgIpc) is 2.70. The Morgan fingerprint density at radius 2 is 1.61 bits per heavy atom. The lowest BCUT2D eigenvalue weighted by atomic mass is 10.2. The van der Waals surface area contributed by atoms with E-state index in [2.05, 4.69) is 39.4 Å². The molecule has 1 aliphatic rings. The molecule has 0 atom stereocenters. The first kappa shape index (κ1) is 22.1. The van der Waals surface area contributed by atoms with Crippen LogP contribution in [-0.2, 0) is 4.79 Å². The highest BCUT2D eigenvalue weighted by Crippen LogP contribution is 2.13. The van der Waals surface area contributed by atoms with E-state index in [0.29, 0.717) is 13.0 Å². The zero-order chi connectivity index (χ0) is 18.9. The number of rotatable bonds is 7. The van der Waals surface area contributed by atoms with E-state index in [1.54, 1.807) is 18.2 Å². The van der Waals surface area contributed by atoms with Gasteiger partial charge in [0.05, 0.1) is 5.69 Å². The minimum Gasteiger partial charge on any atom is -0.324 e. The number of hydrogen-bond acceptors (Lipinski definition) is 3. The highest BCUT2D eigenvalue weighted by Gasteiger charge is 2.16. The van der Waals surface area contributed by atoms with Gasteiger partial charge in [-0.1, -0.05) is 54.6 Å². The van der Waals surface area contributed by atoms with Gasteiger partial charge in [-0.15, -0.1) is 12.4 Å². The summed E-state index contributed by atoms with van der Waals surface area (Å²) < 4.78 is 13.6. The van der Waals surface area contributed by atoms with Gasteiger partial charge < -0.3 is 10.2 Å². The number of carbonyl (C=O) groups excluding carboxylic acids is 1. The third-order valence-electron chi connectivity index (χ3n) is 4.74. The Balaban J connectivity index is 0.00000280. The lowest BCUT2D eigenvalue weighted by molar-refractivity contribution is -0.116. The van der Waals surface area contributed by atoms with Crippen molar-refractivity contribution in [2.75, 3.05) is 44.6 Å². The molecule has 3 rings (SSSR count). The maximum atomic E-state index is 13.6. The molecule has 4 nitrogen and oxygen atoms in total. The highest BCUT2D eigenvalue weighted by molar-refractivity contribution is 5.90. The average molecular weight is 404 g/mol. The fourth-order valence-corrected chi connectivity index (χ4v) is 3.13. The van der Waals surface area contributed by atoms with Crippen LogP contribution in [0.1, 0.15) is 12.0 Å². The number of nitrogens with zero attached hydrogens (tertiary/aromatic N) is 2. The topological polar surface area (TPSA) is 35.6 Å². The van der Waals surface area contributed by atoms with Crippen molar-refractivity contribution in [3.8, 4) is 0 Å². The number of piperazine rings is 1. The van der Waals surface area contributed by atoms with Gasteiger partial charge in [-0.2, -0.15) is 0 Å². The van der Waals surface area contributed by atoms with Crippen molar-refractivity contribution >= 4 is 30.1 Å². The zero-order valence-corrected chi connectivity index (χ0v) is 16.7. The Morgan fingerprint density at radius 3 is 2.32 bits per heavy atom. The lowest BCUT2D eigenvalue weighted by Gasteiger charge is -2.34. The molecule has 0 spiro atoms. The molecule has 1 saturated heterocycles. The minimum absolute atomic E-state index is 0. The molecule has 0 unspecified atom stereocenters. The third-order valence-corrected chi connectivity index (χ3v) is 4.74. The quantitative estimate of drug-likeness (QED) is 0.761. The van der Waals surface area contributed by atoms with Gasteiger partial charge in [-0.3, -0.25) is 9.69 Å². The highest BCUT2D eigenvalue weighted by atomic mass is 35.5. The summed E-state index contributed by atoms with van der Waals surface area (Å²) in [5.41, 5.74) is 1.47.